The normalized spacial score (nSPS) is 12.6. The molecule has 1 aromatic heterocycles. The number of aromatic amines is 1. The van der Waals surface area contributed by atoms with Gasteiger partial charge in [0, 0.05) is 6.04 Å². The standard InChI is InChI=1S/C13H17FN4S/c1-3-6-15-9(2)10-4-5-12(11(14)7-10)19-13-16-8-17-18-13/h4-5,7-9,15H,3,6H2,1-2H3,(H,16,17,18). The summed E-state index contributed by atoms with van der Waals surface area (Å²) >= 11 is 1.23. The topological polar surface area (TPSA) is 53.6 Å². The molecule has 0 spiro atoms. The van der Waals surface area contributed by atoms with Crippen LogP contribution in [0.2, 0.25) is 0 Å². The molecule has 1 heterocycles. The first kappa shape index (κ1) is 14.0. The maximum absolute atomic E-state index is 14.0. The molecule has 19 heavy (non-hydrogen) atoms. The molecule has 0 amide bonds. The molecule has 0 aliphatic rings. The maximum Gasteiger partial charge on any atom is 0.188 e. The van der Waals surface area contributed by atoms with Gasteiger partial charge in [-0.2, -0.15) is 5.10 Å². The van der Waals surface area contributed by atoms with Crippen molar-refractivity contribution < 1.29 is 4.39 Å². The Kier molecular flexibility index (Phi) is 4.93. The number of H-pyrrole nitrogens is 1. The molecule has 1 atom stereocenters. The van der Waals surface area contributed by atoms with Gasteiger partial charge in [0.1, 0.15) is 12.1 Å². The third-order valence-corrected chi connectivity index (χ3v) is 3.70. The Hall–Kier alpha value is -1.40. The molecule has 2 aromatic rings. The van der Waals surface area contributed by atoms with Gasteiger partial charge in [0.25, 0.3) is 0 Å². The maximum atomic E-state index is 14.0. The van der Waals surface area contributed by atoms with Gasteiger partial charge in [-0.25, -0.2) is 9.37 Å². The summed E-state index contributed by atoms with van der Waals surface area (Å²) in [5, 5.41) is 10.4. The van der Waals surface area contributed by atoms with E-state index >= 15 is 0 Å². The predicted octanol–water partition coefficient (Wildman–Crippen LogP) is 3.16. The molecule has 0 saturated carbocycles. The monoisotopic (exact) mass is 280 g/mol. The summed E-state index contributed by atoms with van der Waals surface area (Å²) in [6, 6.07) is 5.45. The van der Waals surface area contributed by atoms with Crippen LogP contribution >= 0.6 is 11.8 Å². The van der Waals surface area contributed by atoms with Gasteiger partial charge < -0.3 is 5.32 Å². The van der Waals surface area contributed by atoms with Crippen LogP contribution in [0.25, 0.3) is 0 Å². The van der Waals surface area contributed by atoms with Crippen LogP contribution in [-0.2, 0) is 0 Å². The average molecular weight is 280 g/mol. The summed E-state index contributed by atoms with van der Waals surface area (Å²) in [4.78, 5) is 4.51. The van der Waals surface area contributed by atoms with Crippen molar-refractivity contribution >= 4 is 11.8 Å². The zero-order chi connectivity index (χ0) is 13.7. The lowest BCUT2D eigenvalue weighted by molar-refractivity contribution is 0.556. The van der Waals surface area contributed by atoms with Crippen molar-refractivity contribution in [2.24, 2.45) is 0 Å². The molecule has 1 aromatic carbocycles. The Morgan fingerprint density at radius 1 is 1.47 bits per heavy atom. The van der Waals surface area contributed by atoms with E-state index in [0.29, 0.717) is 10.1 Å². The van der Waals surface area contributed by atoms with E-state index in [0.717, 1.165) is 18.5 Å². The van der Waals surface area contributed by atoms with E-state index in [4.69, 9.17) is 0 Å². The Labute approximate surface area is 116 Å². The van der Waals surface area contributed by atoms with E-state index in [1.54, 1.807) is 12.1 Å². The molecule has 2 N–H and O–H groups in total. The van der Waals surface area contributed by atoms with Gasteiger partial charge in [0.05, 0.1) is 4.90 Å². The number of benzene rings is 1. The van der Waals surface area contributed by atoms with E-state index in [1.165, 1.54) is 18.1 Å². The highest BCUT2D eigenvalue weighted by Crippen LogP contribution is 2.28. The van der Waals surface area contributed by atoms with Crippen molar-refractivity contribution in [3.63, 3.8) is 0 Å². The molecule has 0 aliphatic heterocycles. The molecule has 6 heteroatoms. The molecular weight excluding hydrogens is 263 g/mol. The van der Waals surface area contributed by atoms with Crippen molar-refractivity contribution in [3.05, 3.63) is 35.9 Å². The Morgan fingerprint density at radius 2 is 2.32 bits per heavy atom. The lowest BCUT2D eigenvalue weighted by atomic mass is 10.1. The summed E-state index contributed by atoms with van der Waals surface area (Å²) in [6.07, 6.45) is 2.47. The highest BCUT2D eigenvalue weighted by atomic mass is 32.2. The van der Waals surface area contributed by atoms with E-state index in [-0.39, 0.29) is 11.9 Å². The van der Waals surface area contributed by atoms with Crippen LogP contribution in [0, 0.1) is 5.82 Å². The highest BCUT2D eigenvalue weighted by molar-refractivity contribution is 7.99. The van der Waals surface area contributed by atoms with Gasteiger partial charge >= 0.3 is 0 Å². The molecule has 0 aliphatic carbocycles. The van der Waals surface area contributed by atoms with E-state index in [2.05, 4.69) is 27.4 Å². The molecule has 0 saturated heterocycles. The van der Waals surface area contributed by atoms with Crippen LogP contribution in [-0.4, -0.2) is 21.7 Å². The highest BCUT2D eigenvalue weighted by Gasteiger charge is 2.10. The third kappa shape index (κ3) is 3.78. The number of halogens is 1. The van der Waals surface area contributed by atoms with Gasteiger partial charge in [0.2, 0.25) is 0 Å². The first-order valence-electron chi connectivity index (χ1n) is 6.26. The van der Waals surface area contributed by atoms with Gasteiger partial charge in [-0.15, -0.1) is 0 Å². The quantitative estimate of drug-likeness (QED) is 0.853. The number of nitrogens with zero attached hydrogens (tertiary/aromatic N) is 2. The average Bonchev–Trinajstić information content (AvgIpc) is 2.91. The van der Waals surface area contributed by atoms with Crippen LogP contribution in [0.15, 0.2) is 34.6 Å². The Balaban J connectivity index is 2.08. The van der Waals surface area contributed by atoms with Gasteiger partial charge in [0.15, 0.2) is 5.16 Å². The second-order valence-corrected chi connectivity index (χ2v) is 5.29. The minimum absolute atomic E-state index is 0.152. The molecule has 0 fully saturated rings. The van der Waals surface area contributed by atoms with Gasteiger partial charge in [-0.1, -0.05) is 13.0 Å². The zero-order valence-electron chi connectivity index (χ0n) is 11.0. The SMILES string of the molecule is CCCNC(C)c1ccc(Sc2ncn[nH]2)c(F)c1. The number of aromatic nitrogens is 3. The minimum Gasteiger partial charge on any atom is -0.310 e. The van der Waals surface area contributed by atoms with Crippen LogP contribution in [0.5, 0.6) is 0 Å². The van der Waals surface area contributed by atoms with Crippen LogP contribution in [0.4, 0.5) is 4.39 Å². The van der Waals surface area contributed by atoms with Crippen molar-refractivity contribution in [1.29, 1.82) is 0 Å². The molecule has 102 valence electrons. The fourth-order valence-corrected chi connectivity index (χ4v) is 2.39. The first-order valence-corrected chi connectivity index (χ1v) is 7.08. The number of nitrogens with one attached hydrogen (secondary N) is 2. The molecule has 1 unspecified atom stereocenters. The van der Waals surface area contributed by atoms with Crippen molar-refractivity contribution in [2.75, 3.05) is 6.54 Å². The lowest BCUT2D eigenvalue weighted by Gasteiger charge is -2.14. The summed E-state index contributed by atoms with van der Waals surface area (Å²) in [5.74, 6) is -0.232. The van der Waals surface area contributed by atoms with Gasteiger partial charge in [-0.05, 0) is 49.3 Å². The largest absolute Gasteiger partial charge is 0.310 e. The zero-order valence-corrected chi connectivity index (χ0v) is 11.8. The van der Waals surface area contributed by atoms with E-state index in [9.17, 15) is 4.39 Å². The van der Waals surface area contributed by atoms with Crippen molar-refractivity contribution in [2.45, 2.75) is 36.4 Å². The van der Waals surface area contributed by atoms with Crippen LogP contribution in [0.3, 0.4) is 0 Å². The Morgan fingerprint density at radius 3 is 2.95 bits per heavy atom. The number of hydrogen-bond donors (Lipinski definition) is 2. The summed E-state index contributed by atoms with van der Waals surface area (Å²) in [5.41, 5.74) is 0.952. The first-order chi connectivity index (χ1) is 9.20. The van der Waals surface area contributed by atoms with Crippen LogP contribution < -0.4 is 5.32 Å². The molecular formula is C13H17FN4S. The fraction of sp³-hybridized carbons (Fsp3) is 0.385. The summed E-state index contributed by atoms with van der Waals surface area (Å²) < 4.78 is 14.0. The summed E-state index contributed by atoms with van der Waals surface area (Å²) in [7, 11) is 0. The minimum atomic E-state index is -0.232. The van der Waals surface area contributed by atoms with E-state index in [1.807, 2.05) is 13.0 Å². The molecule has 4 nitrogen and oxygen atoms in total. The predicted molar refractivity (Wildman–Crippen MR) is 73.6 cm³/mol. The fourth-order valence-electron chi connectivity index (χ4n) is 1.70. The van der Waals surface area contributed by atoms with Crippen LogP contribution in [0.1, 0.15) is 31.9 Å². The Bertz CT molecular complexity index is 515. The van der Waals surface area contributed by atoms with E-state index < -0.39 is 0 Å². The van der Waals surface area contributed by atoms with Gasteiger partial charge in [-0.3, -0.25) is 5.10 Å². The second kappa shape index (κ2) is 6.68. The van der Waals surface area contributed by atoms with Crippen molar-refractivity contribution in [3.8, 4) is 0 Å². The lowest BCUT2D eigenvalue weighted by Crippen LogP contribution is -2.19. The molecule has 0 radical (unpaired) electrons. The molecule has 0 bridgehead atoms. The molecule has 2 rings (SSSR count). The number of hydrogen-bond acceptors (Lipinski definition) is 4. The number of rotatable bonds is 6. The smallest absolute Gasteiger partial charge is 0.188 e. The third-order valence-electron chi connectivity index (χ3n) is 2.76. The van der Waals surface area contributed by atoms with Crippen molar-refractivity contribution in [1.82, 2.24) is 20.5 Å². The second-order valence-electron chi connectivity index (χ2n) is 4.26. The summed E-state index contributed by atoms with van der Waals surface area (Å²) in [6.45, 7) is 5.07.